The van der Waals surface area contributed by atoms with E-state index in [0.717, 1.165) is 16.8 Å². The zero-order chi connectivity index (χ0) is 11.5. The molecule has 2 aromatic carbocycles. The lowest BCUT2D eigenvalue weighted by molar-refractivity contribution is 1.47. The second kappa shape index (κ2) is 4.26. The Labute approximate surface area is 99.6 Å². The van der Waals surface area contributed by atoms with E-state index in [4.69, 9.17) is 0 Å². The molecule has 1 N–H and O–H groups in total. The molecule has 0 amide bonds. The number of fused-ring (bicyclic) bond motifs is 1. The van der Waals surface area contributed by atoms with Gasteiger partial charge in [0.1, 0.15) is 0 Å². The summed E-state index contributed by atoms with van der Waals surface area (Å²) >= 11 is 0. The molecule has 17 heavy (non-hydrogen) atoms. The summed E-state index contributed by atoms with van der Waals surface area (Å²) in [7, 11) is 0. The second-order valence-corrected chi connectivity index (χ2v) is 3.81. The fraction of sp³-hybridized carbons (Fsp3) is 0. The van der Waals surface area contributed by atoms with Crippen LogP contribution in [0.2, 0.25) is 0 Å². The maximum Gasteiger partial charge on any atom is 0.0630 e. The summed E-state index contributed by atoms with van der Waals surface area (Å²) in [5.74, 6) is 0. The van der Waals surface area contributed by atoms with E-state index in [-0.39, 0.29) is 0 Å². The molecule has 0 aliphatic carbocycles. The molecule has 0 atom stereocenters. The number of para-hydroxylation sites is 1. The number of hydrogen-bond acceptors (Lipinski definition) is 1. The third kappa shape index (κ3) is 1.97. The van der Waals surface area contributed by atoms with Gasteiger partial charge in [-0.3, -0.25) is 4.99 Å². The minimum absolute atomic E-state index is 0.939. The molecular weight excluding hydrogens is 208 g/mol. The molecule has 3 aromatic rings. The average Bonchev–Trinajstić information content (AvgIpc) is 2.81. The SMILES string of the molecule is [c]1ccc(N=Cc2c[nH]c3ccccc23)cc1. The van der Waals surface area contributed by atoms with Crippen molar-refractivity contribution < 1.29 is 0 Å². The van der Waals surface area contributed by atoms with E-state index in [0.29, 0.717) is 0 Å². The van der Waals surface area contributed by atoms with Gasteiger partial charge in [-0.15, -0.1) is 0 Å². The van der Waals surface area contributed by atoms with Crippen LogP contribution in [0.5, 0.6) is 0 Å². The zero-order valence-corrected chi connectivity index (χ0v) is 9.22. The van der Waals surface area contributed by atoms with Crippen molar-refractivity contribution in [3.05, 3.63) is 66.4 Å². The van der Waals surface area contributed by atoms with E-state index in [1.54, 1.807) is 0 Å². The third-order valence-electron chi connectivity index (χ3n) is 2.67. The van der Waals surface area contributed by atoms with Gasteiger partial charge >= 0.3 is 0 Å². The first kappa shape index (κ1) is 9.85. The smallest absolute Gasteiger partial charge is 0.0630 e. The van der Waals surface area contributed by atoms with Crippen molar-refractivity contribution in [1.82, 2.24) is 4.98 Å². The minimum atomic E-state index is 0.939. The highest BCUT2D eigenvalue weighted by Crippen LogP contribution is 2.17. The fourth-order valence-electron chi connectivity index (χ4n) is 1.81. The maximum absolute atomic E-state index is 4.43. The van der Waals surface area contributed by atoms with E-state index in [2.05, 4.69) is 28.2 Å². The normalized spacial score (nSPS) is 11.3. The van der Waals surface area contributed by atoms with Crippen molar-refractivity contribution in [3.63, 3.8) is 0 Å². The first-order chi connectivity index (χ1) is 8.43. The van der Waals surface area contributed by atoms with Gasteiger partial charge in [-0.1, -0.05) is 30.3 Å². The highest BCUT2D eigenvalue weighted by atomic mass is 14.7. The molecule has 3 rings (SSSR count). The lowest BCUT2D eigenvalue weighted by Crippen LogP contribution is -1.76. The number of nitrogens with one attached hydrogen (secondary N) is 1. The average molecular weight is 219 g/mol. The molecule has 1 heterocycles. The van der Waals surface area contributed by atoms with Crippen molar-refractivity contribution in [2.45, 2.75) is 0 Å². The molecule has 0 spiro atoms. The van der Waals surface area contributed by atoms with Crippen molar-refractivity contribution in [2.24, 2.45) is 4.99 Å². The monoisotopic (exact) mass is 219 g/mol. The summed E-state index contributed by atoms with van der Waals surface area (Å²) in [5.41, 5.74) is 3.18. The minimum Gasteiger partial charge on any atom is -0.361 e. The lowest BCUT2D eigenvalue weighted by Gasteiger charge is -1.92. The fourth-order valence-corrected chi connectivity index (χ4v) is 1.81. The van der Waals surface area contributed by atoms with E-state index >= 15 is 0 Å². The van der Waals surface area contributed by atoms with Crippen LogP contribution in [0.15, 0.2) is 59.7 Å². The van der Waals surface area contributed by atoms with Gasteiger partial charge in [-0.05, 0) is 24.3 Å². The van der Waals surface area contributed by atoms with Crippen molar-refractivity contribution >= 4 is 22.8 Å². The maximum atomic E-state index is 4.43. The van der Waals surface area contributed by atoms with Crippen LogP contribution in [0, 0.1) is 6.07 Å². The van der Waals surface area contributed by atoms with Crippen LogP contribution >= 0.6 is 0 Å². The summed E-state index contributed by atoms with van der Waals surface area (Å²) < 4.78 is 0. The van der Waals surface area contributed by atoms with Gasteiger partial charge in [-0.25, -0.2) is 0 Å². The number of aromatic amines is 1. The Morgan fingerprint density at radius 2 is 1.88 bits per heavy atom. The van der Waals surface area contributed by atoms with Crippen molar-refractivity contribution in [2.75, 3.05) is 0 Å². The van der Waals surface area contributed by atoms with Gasteiger partial charge in [0.25, 0.3) is 0 Å². The molecule has 0 saturated heterocycles. The number of H-pyrrole nitrogens is 1. The van der Waals surface area contributed by atoms with Crippen LogP contribution < -0.4 is 0 Å². The largest absolute Gasteiger partial charge is 0.361 e. The van der Waals surface area contributed by atoms with Crippen LogP contribution in [0.1, 0.15) is 5.56 Å². The number of nitrogens with zero attached hydrogens (tertiary/aromatic N) is 1. The molecule has 0 bridgehead atoms. The Balaban J connectivity index is 1.98. The van der Waals surface area contributed by atoms with E-state index in [9.17, 15) is 0 Å². The van der Waals surface area contributed by atoms with Gasteiger partial charge in [0.2, 0.25) is 0 Å². The molecular formula is C15H11N2. The van der Waals surface area contributed by atoms with Crippen LogP contribution in [-0.4, -0.2) is 11.2 Å². The summed E-state index contributed by atoms with van der Waals surface area (Å²) in [6.07, 6.45) is 3.86. The molecule has 0 aliphatic rings. The first-order valence-corrected chi connectivity index (χ1v) is 5.50. The third-order valence-corrected chi connectivity index (χ3v) is 2.67. The zero-order valence-electron chi connectivity index (χ0n) is 9.22. The number of aliphatic imine (C=N–C) groups is 1. The van der Waals surface area contributed by atoms with Gasteiger partial charge in [0.05, 0.1) is 5.69 Å². The van der Waals surface area contributed by atoms with Gasteiger partial charge in [0.15, 0.2) is 0 Å². The predicted octanol–water partition coefficient (Wildman–Crippen LogP) is 3.72. The Bertz CT molecular complexity index is 651. The quantitative estimate of drug-likeness (QED) is 0.636. The van der Waals surface area contributed by atoms with E-state index < -0.39 is 0 Å². The molecule has 2 heteroatoms. The number of hydrogen-bond donors (Lipinski definition) is 1. The molecule has 0 unspecified atom stereocenters. The molecule has 1 aromatic heterocycles. The number of benzene rings is 2. The lowest BCUT2D eigenvalue weighted by atomic mass is 10.2. The van der Waals surface area contributed by atoms with Gasteiger partial charge in [0, 0.05) is 28.9 Å². The molecule has 0 saturated carbocycles. The first-order valence-electron chi connectivity index (χ1n) is 5.50. The molecule has 2 nitrogen and oxygen atoms in total. The molecule has 1 radical (unpaired) electrons. The Kier molecular flexibility index (Phi) is 2.47. The van der Waals surface area contributed by atoms with Gasteiger partial charge in [-0.2, -0.15) is 0 Å². The Morgan fingerprint density at radius 1 is 1.06 bits per heavy atom. The summed E-state index contributed by atoms with van der Waals surface area (Å²) in [5, 5.41) is 1.19. The standard InChI is InChI=1S/C15H11N2/c1-2-6-13(7-3-1)16-10-12-11-17-15-9-5-4-8-14(12)15/h2-11,17H. The van der Waals surface area contributed by atoms with Crippen LogP contribution in [-0.2, 0) is 0 Å². The summed E-state index contributed by atoms with van der Waals surface area (Å²) in [6, 6.07) is 18.8. The molecule has 0 fully saturated rings. The van der Waals surface area contributed by atoms with Crippen molar-refractivity contribution in [3.8, 4) is 0 Å². The summed E-state index contributed by atoms with van der Waals surface area (Å²) in [6.45, 7) is 0. The van der Waals surface area contributed by atoms with Crippen LogP contribution in [0.25, 0.3) is 10.9 Å². The van der Waals surface area contributed by atoms with E-state index in [1.807, 2.05) is 48.8 Å². The Hall–Kier alpha value is -2.35. The molecule has 0 aliphatic heterocycles. The Morgan fingerprint density at radius 3 is 2.76 bits per heavy atom. The summed E-state index contributed by atoms with van der Waals surface area (Å²) in [4.78, 5) is 7.66. The highest BCUT2D eigenvalue weighted by molar-refractivity contribution is 5.99. The topological polar surface area (TPSA) is 28.1 Å². The number of rotatable bonds is 2. The predicted molar refractivity (Wildman–Crippen MR) is 70.8 cm³/mol. The number of aromatic nitrogens is 1. The van der Waals surface area contributed by atoms with Crippen LogP contribution in [0.4, 0.5) is 5.69 Å². The highest BCUT2D eigenvalue weighted by Gasteiger charge is 1.98. The second-order valence-electron chi connectivity index (χ2n) is 3.81. The van der Waals surface area contributed by atoms with Crippen molar-refractivity contribution in [1.29, 1.82) is 0 Å². The van der Waals surface area contributed by atoms with Gasteiger partial charge < -0.3 is 4.98 Å². The van der Waals surface area contributed by atoms with E-state index in [1.165, 1.54) is 5.39 Å². The van der Waals surface area contributed by atoms with Crippen LogP contribution in [0.3, 0.4) is 0 Å². The molecule has 81 valence electrons.